The second-order valence-electron chi connectivity index (χ2n) is 4.34. The van der Waals surface area contributed by atoms with E-state index in [1.54, 1.807) is 4.68 Å². The summed E-state index contributed by atoms with van der Waals surface area (Å²) in [5, 5.41) is 9.05. The number of alkyl halides is 1. The first-order valence-corrected chi connectivity index (χ1v) is 7.14. The molecule has 0 spiro atoms. The number of rotatable bonds is 2. The zero-order valence-corrected chi connectivity index (χ0v) is 14.7. The van der Waals surface area contributed by atoms with Gasteiger partial charge in [0, 0.05) is 17.6 Å². The van der Waals surface area contributed by atoms with E-state index in [1.165, 1.54) is 0 Å². The van der Waals surface area contributed by atoms with Crippen molar-refractivity contribution in [2.24, 2.45) is 7.05 Å². The predicted molar refractivity (Wildman–Crippen MR) is 91.1 cm³/mol. The summed E-state index contributed by atoms with van der Waals surface area (Å²) in [5.41, 5.74) is 4.19. The van der Waals surface area contributed by atoms with E-state index in [9.17, 15) is 0 Å². The van der Waals surface area contributed by atoms with Crippen LogP contribution in [0.5, 0.6) is 0 Å². The molecular formula is C14H12Br2ClN3. The molecule has 0 saturated heterocycles. The van der Waals surface area contributed by atoms with E-state index in [1.807, 2.05) is 43.4 Å². The van der Waals surface area contributed by atoms with Gasteiger partial charge in [0.15, 0.2) is 0 Å². The van der Waals surface area contributed by atoms with Crippen LogP contribution in [-0.2, 0) is 7.05 Å². The Morgan fingerprint density at radius 1 is 1.15 bits per heavy atom. The smallest absolute Gasteiger partial charge is 0.117 e. The molecule has 6 heteroatoms. The van der Waals surface area contributed by atoms with Crippen molar-refractivity contribution >= 4 is 55.5 Å². The van der Waals surface area contributed by atoms with Crippen molar-refractivity contribution < 1.29 is 0 Å². The summed E-state index contributed by atoms with van der Waals surface area (Å²) >= 11 is 9.65. The summed E-state index contributed by atoms with van der Waals surface area (Å²) in [6, 6.07) is 13.9. The Balaban J connectivity index is 0.00000147. The maximum absolute atomic E-state index is 5.92. The lowest BCUT2D eigenvalue weighted by Crippen LogP contribution is -1.94. The zero-order valence-electron chi connectivity index (χ0n) is 10.6. The Labute approximate surface area is 140 Å². The van der Waals surface area contributed by atoms with Crippen LogP contribution in [0, 0.1) is 0 Å². The molecule has 20 heavy (non-hydrogen) atoms. The minimum atomic E-state index is 0. The first-order chi connectivity index (χ1) is 9.16. The van der Waals surface area contributed by atoms with Crippen LogP contribution in [0.1, 0.15) is 16.0 Å². The maximum Gasteiger partial charge on any atom is 0.117 e. The van der Waals surface area contributed by atoms with Gasteiger partial charge in [0.1, 0.15) is 5.52 Å². The van der Waals surface area contributed by atoms with Crippen molar-refractivity contribution in [1.29, 1.82) is 0 Å². The Bertz CT molecular complexity index is 725. The highest BCUT2D eigenvalue weighted by Crippen LogP contribution is 2.34. The third-order valence-corrected chi connectivity index (χ3v) is 4.38. The van der Waals surface area contributed by atoms with Crippen molar-refractivity contribution in [2.75, 3.05) is 0 Å². The molecule has 0 N–H and O–H groups in total. The largest absolute Gasteiger partial charge is 0.248 e. The van der Waals surface area contributed by atoms with Crippen LogP contribution < -0.4 is 0 Å². The molecule has 0 fully saturated rings. The molecule has 0 radical (unpaired) electrons. The van der Waals surface area contributed by atoms with E-state index in [0.717, 1.165) is 27.2 Å². The number of aryl methyl sites for hydroxylation is 1. The van der Waals surface area contributed by atoms with Gasteiger partial charge in [0.25, 0.3) is 0 Å². The van der Waals surface area contributed by atoms with E-state index in [-0.39, 0.29) is 21.8 Å². The highest BCUT2D eigenvalue weighted by atomic mass is 79.9. The summed E-state index contributed by atoms with van der Waals surface area (Å²) in [6.07, 6.45) is 0. The van der Waals surface area contributed by atoms with Gasteiger partial charge in [-0.25, -0.2) is 4.68 Å². The summed E-state index contributed by atoms with van der Waals surface area (Å²) in [5.74, 6) is 0. The van der Waals surface area contributed by atoms with Gasteiger partial charge >= 0.3 is 0 Å². The minimum absolute atomic E-state index is 0. The van der Waals surface area contributed by atoms with Crippen LogP contribution in [0.2, 0.25) is 5.02 Å². The summed E-state index contributed by atoms with van der Waals surface area (Å²) < 4.78 is 1.78. The topological polar surface area (TPSA) is 30.7 Å². The van der Waals surface area contributed by atoms with Gasteiger partial charge in [0.2, 0.25) is 0 Å². The van der Waals surface area contributed by atoms with Crippen molar-refractivity contribution in [3.63, 3.8) is 0 Å². The van der Waals surface area contributed by atoms with Crippen LogP contribution >= 0.6 is 44.5 Å². The Morgan fingerprint density at radius 2 is 1.85 bits per heavy atom. The second kappa shape index (κ2) is 6.24. The molecule has 0 aliphatic rings. The average molecular weight is 418 g/mol. The molecule has 0 aliphatic heterocycles. The predicted octanol–water partition coefficient (Wildman–Crippen LogP) is 4.68. The van der Waals surface area contributed by atoms with E-state index in [4.69, 9.17) is 11.6 Å². The molecule has 3 aromatic rings. The summed E-state index contributed by atoms with van der Waals surface area (Å²) in [7, 11) is 1.89. The van der Waals surface area contributed by atoms with Crippen molar-refractivity contribution in [3.8, 4) is 0 Å². The quantitative estimate of drug-likeness (QED) is 0.567. The Morgan fingerprint density at radius 3 is 2.55 bits per heavy atom. The van der Waals surface area contributed by atoms with Crippen molar-refractivity contribution in [1.82, 2.24) is 15.0 Å². The van der Waals surface area contributed by atoms with Gasteiger partial charge in [0.05, 0.1) is 10.3 Å². The second-order valence-corrected chi connectivity index (χ2v) is 5.69. The fraction of sp³-hybridized carbons (Fsp3) is 0.143. The molecule has 1 atom stereocenters. The lowest BCUT2D eigenvalue weighted by Gasteiger charge is -2.11. The minimum Gasteiger partial charge on any atom is -0.248 e. The lowest BCUT2D eigenvalue weighted by molar-refractivity contribution is 0.736. The van der Waals surface area contributed by atoms with Gasteiger partial charge in [-0.15, -0.1) is 22.1 Å². The van der Waals surface area contributed by atoms with E-state index in [2.05, 4.69) is 32.3 Å². The molecule has 2 aromatic carbocycles. The lowest BCUT2D eigenvalue weighted by atomic mass is 10.0. The number of halogens is 3. The number of hydrogen-bond acceptors (Lipinski definition) is 2. The van der Waals surface area contributed by atoms with Gasteiger partial charge in [-0.3, -0.25) is 0 Å². The molecule has 0 aliphatic carbocycles. The molecule has 3 nitrogen and oxygen atoms in total. The SMILES string of the molecule is Br.Cn1nnc2c(C(Br)c3ccc(Cl)cc3)cccc21. The molecule has 0 amide bonds. The van der Waals surface area contributed by atoms with Crippen LogP contribution in [0.15, 0.2) is 42.5 Å². The Hall–Kier alpha value is -0.910. The third kappa shape index (κ3) is 2.75. The number of nitrogens with zero attached hydrogens (tertiary/aromatic N) is 3. The molecule has 1 unspecified atom stereocenters. The zero-order chi connectivity index (χ0) is 13.4. The van der Waals surface area contributed by atoms with E-state index in [0.29, 0.717) is 0 Å². The highest BCUT2D eigenvalue weighted by Gasteiger charge is 2.16. The fourth-order valence-electron chi connectivity index (χ4n) is 2.09. The van der Waals surface area contributed by atoms with Gasteiger partial charge in [-0.2, -0.15) is 0 Å². The molecule has 1 aromatic heterocycles. The van der Waals surface area contributed by atoms with Gasteiger partial charge in [-0.05, 0) is 23.8 Å². The molecule has 0 bridgehead atoms. The van der Waals surface area contributed by atoms with Crippen molar-refractivity contribution in [2.45, 2.75) is 4.83 Å². The monoisotopic (exact) mass is 415 g/mol. The third-order valence-electron chi connectivity index (χ3n) is 3.11. The standard InChI is InChI=1S/C14H11BrClN3.BrH/c1-19-12-4-2-3-11(14(12)17-18-19)13(15)9-5-7-10(16)8-6-9;/h2-8,13H,1H3;1H. The maximum atomic E-state index is 5.92. The van der Waals surface area contributed by atoms with Gasteiger partial charge in [-0.1, -0.05) is 57.0 Å². The number of fused-ring (bicyclic) bond motifs is 1. The molecule has 0 saturated carbocycles. The first-order valence-electron chi connectivity index (χ1n) is 5.84. The van der Waals surface area contributed by atoms with E-state index >= 15 is 0 Å². The Kier molecular flexibility index (Phi) is 4.83. The summed E-state index contributed by atoms with van der Waals surface area (Å²) in [4.78, 5) is 0.0742. The summed E-state index contributed by atoms with van der Waals surface area (Å²) in [6.45, 7) is 0. The van der Waals surface area contributed by atoms with Crippen molar-refractivity contribution in [3.05, 3.63) is 58.6 Å². The van der Waals surface area contributed by atoms with Crippen LogP contribution in [-0.4, -0.2) is 15.0 Å². The number of aromatic nitrogens is 3. The molecule has 1 heterocycles. The van der Waals surface area contributed by atoms with E-state index < -0.39 is 0 Å². The van der Waals surface area contributed by atoms with Crippen LogP contribution in [0.25, 0.3) is 11.0 Å². The molecule has 104 valence electrons. The first kappa shape index (κ1) is 15.5. The number of benzene rings is 2. The highest BCUT2D eigenvalue weighted by molar-refractivity contribution is 9.09. The van der Waals surface area contributed by atoms with Crippen LogP contribution in [0.3, 0.4) is 0 Å². The molecular weight excluding hydrogens is 405 g/mol. The molecule has 3 rings (SSSR count). The normalized spacial score (nSPS) is 12.2. The van der Waals surface area contributed by atoms with Gasteiger partial charge < -0.3 is 0 Å². The van der Waals surface area contributed by atoms with Crippen LogP contribution in [0.4, 0.5) is 0 Å². The number of hydrogen-bond donors (Lipinski definition) is 0. The average Bonchev–Trinajstić information content (AvgIpc) is 2.81. The fourth-order valence-corrected chi connectivity index (χ4v) is 2.90.